The van der Waals surface area contributed by atoms with Gasteiger partial charge in [-0.3, -0.25) is 4.79 Å². The number of aliphatic hydroxyl groups excluding tert-OH is 1. The summed E-state index contributed by atoms with van der Waals surface area (Å²) in [5.74, 6) is 6.65. The molecule has 3 aromatic carbocycles. The fraction of sp³-hybridized carbons (Fsp3) is 0.603. The zero-order chi connectivity index (χ0) is 46.1. The summed E-state index contributed by atoms with van der Waals surface area (Å²) in [5.41, 5.74) is 2.57. The van der Waals surface area contributed by atoms with Gasteiger partial charge in [0, 0.05) is 54.0 Å². The van der Waals surface area contributed by atoms with Crippen molar-refractivity contribution < 1.29 is 40.2 Å². The Balaban J connectivity index is 1.07. The second-order valence-electron chi connectivity index (χ2n) is 23.3. The van der Waals surface area contributed by atoms with Gasteiger partial charge in [0.1, 0.15) is 5.78 Å². The van der Waals surface area contributed by atoms with Crippen molar-refractivity contribution in [3.05, 3.63) is 94.1 Å². The summed E-state index contributed by atoms with van der Waals surface area (Å²) in [4.78, 5) is 15.3. The third-order valence-electron chi connectivity index (χ3n) is 20.7. The smallest absolute Gasteiger partial charge is 0.160 e. The van der Waals surface area contributed by atoms with Crippen molar-refractivity contribution in [1.29, 1.82) is 0 Å². The van der Waals surface area contributed by atoms with E-state index in [1.54, 1.807) is 6.07 Å². The van der Waals surface area contributed by atoms with Crippen LogP contribution >= 0.6 is 0 Å². The molecule has 1 aliphatic heterocycles. The second kappa shape index (κ2) is 15.6. The Kier molecular flexibility index (Phi) is 10.2. The molecule has 3 aromatic rings. The first kappa shape index (κ1) is 43.9. The Morgan fingerprint density at radius 1 is 0.851 bits per heavy atom. The molecule has 0 radical (unpaired) electrons. The number of hydrogen-bond acceptors (Lipinski definition) is 9. The number of hydrogen-bond donors (Lipinski definition) is 7. The van der Waals surface area contributed by atoms with Crippen molar-refractivity contribution in [1.82, 2.24) is 5.32 Å². The summed E-state index contributed by atoms with van der Waals surface area (Å²) in [6.07, 6.45) is 18.4. The number of nitrogens with one attached hydrogen (secondary N) is 1. The van der Waals surface area contributed by atoms with Crippen LogP contribution in [0, 0.1) is 52.3 Å². The van der Waals surface area contributed by atoms with E-state index in [-0.39, 0.29) is 82.7 Å². The molecular formula is C58H69NO8. The van der Waals surface area contributed by atoms with Gasteiger partial charge in [-0.25, -0.2) is 0 Å². The first-order chi connectivity index (χ1) is 32.3. The Morgan fingerprint density at radius 2 is 1.64 bits per heavy atom. The van der Waals surface area contributed by atoms with Crippen LogP contribution in [0.5, 0.6) is 23.0 Å². The molecule has 354 valence electrons. The molecule has 9 nitrogen and oxygen atoms in total. The fourth-order valence-corrected chi connectivity index (χ4v) is 18.2. The Labute approximate surface area is 395 Å². The number of phenolic OH excluding ortho intramolecular Hbond substituents is 3. The number of phenols is 3. The van der Waals surface area contributed by atoms with E-state index in [4.69, 9.17) is 4.74 Å². The number of rotatable bonds is 8. The molecule has 0 amide bonds. The molecular weight excluding hydrogens is 839 g/mol. The number of Topliss-reactive ketones (excluding diaryl/α,β-unsaturated/α-hetero) is 1. The molecule has 7 N–H and O–H groups in total. The van der Waals surface area contributed by atoms with Gasteiger partial charge in [0.05, 0.1) is 24.9 Å². The lowest BCUT2D eigenvalue weighted by Crippen LogP contribution is -2.84. The minimum absolute atomic E-state index is 0.0273. The van der Waals surface area contributed by atoms with Crippen LogP contribution < -0.4 is 10.1 Å². The topological polar surface area (TPSA) is 160 Å². The zero-order valence-electron chi connectivity index (χ0n) is 39.2. The monoisotopic (exact) mass is 908 g/mol. The van der Waals surface area contributed by atoms with Crippen molar-refractivity contribution in [2.45, 2.75) is 163 Å². The largest absolute Gasteiger partial charge is 0.504 e. The van der Waals surface area contributed by atoms with E-state index in [1.165, 1.54) is 25.2 Å². The third-order valence-corrected chi connectivity index (χ3v) is 20.7. The number of methoxy groups -OCH3 is 1. The molecule has 1 heterocycles. The number of carbonyl (C=O) groups is 1. The zero-order valence-corrected chi connectivity index (χ0v) is 39.2. The number of carbonyl (C=O) groups excluding carboxylic acids is 1. The van der Waals surface area contributed by atoms with Crippen LogP contribution in [-0.4, -0.2) is 66.8 Å². The number of aromatic hydroxyl groups is 3. The minimum Gasteiger partial charge on any atom is -0.504 e. The van der Waals surface area contributed by atoms with Crippen molar-refractivity contribution in [3.8, 4) is 34.8 Å². The van der Waals surface area contributed by atoms with Crippen LogP contribution in [-0.2, 0) is 23.2 Å². The highest BCUT2D eigenvalue weighted by atomic mass is 16.5. The van der Waals surface area contributed by atoms with Gasteiger partial charge >= 0.3 is 0 Å². The minimum atomic E-state index is -1.43. The van der Waals surface area contributed by atoms with Crippen LogP contribution in [0.15, 0.2) is 66.2 Å². The molecule has 8 aliphatic carbocycles. The summed E-state index contributed by atoms with van der Waals surface area (Å²) >= 11 is 0. The molecule has 6 bridgehead atoms. The SMILES string of the molecule is COc1cc(C2CC(=O)CC3(O)CCC45CCC67CC8(CCCC8C=C6CCC6(O)CCCCC6)C6CC7C4(c4cc(O)c(O)cc46)C3C(C#CC2Cc2ccccc2)CN5)c(CO)cc1O. The highest BCUT2D eigenvalue weighted by Gasteiger charge is 2.80. The molecule has 6 fully saturated rings. The van der Waals surface area contributed by atoms with Gasteiger partial charge in [0.2, 0.25) is 0 Å². The Bertz CT molecular complexity index is 2590. The molecule has 5 saturated carbocycles. The molecule has 9 aliphatic rings. The van der Waals surface area contributed by atoms with Gasteiger partial charge < -0.3 is 40.7 Å². The van der Waals surface area contributed by atoms with Crippen LogP contribution in [0.4, 0.5) is 0 Å². The van der Waals surface area contributed by atoms with Gasteiger partial charge in [-0.05, 0) is 164 Å². The lowest BCUT2D eigenvalue weighted by Gasteiger charge is -2.79. The van der Waals surface area contributed by atoms with E-state index >= 15 is 4.79 Å². The van der Waals surface area contributed by atoms with Gasteiger partial charge in [0.25, 0.3) is 0 Å². The number of piperidine rings is 1. The number of fused-ring (bicyclic) bond motifs is 3. The van der Waals surface area contributed by atoms with E-state index in [0.717, 1.165) is 100 Å². The van der Waals surface area contributed by atoms with Crippen molar-refractivity contribution in [2.75, 3.05) is 13.7 Å². The highest BCUT2D eigenvalue weighted by molar-refractivity contribution is 5.81. The predicted molar refractivity (Wildman–Crippen MR) is 255 cm³/mol. The second-order valence-corrected chi connectivity index (χ2v) is 23.3. The molecule has 12 atom stereocenters. The normalized spacial score (nSPS) is 39.7. The fourth-order valence-electron chi connectivity index (χ4n) is 18.2. The van der Waals surface area contributed by atoms with Crippen LogP contribution in [0.1, 0.15) is 155 Å². The van der Waals surface area contributed by atoms with E-state index in [1.807, 2.05) is 30.3 Å². The lowest BCUT2D eigenvalue weighted by molar-refractivity contribution is -0.234. The van der Waals surface area contributed by atoms with Crippen molar-refractivity contribution in [3.63, 3.8) is 0 Å². The maximum Gasteiger partial charge on any atom is 0.160 e. The summed E-state index contributed by atoms with van der Waals surface area (Å²) < 4.78 is 5.61. The summed E-state index contributed by atoms with van der Waals surface area (Å²) in [6, 6.07) is 17.3. The number of ketones is 1. The van der Waals surface area contributed by atoms with Gasteiger partial charge in [-0.1, -0.05) is 79.5 Å². The predicted octanol–water partition coefficient (Wildman–Crippen LogP) is 9.14. The van der Waals surface area contributed by atoms with Gasteiger partial charge in [-0.2, -0.15) is 0 Å². The first-order valence-corrected chi connectivity index (χ1v) is 25.9. The average Bonchev–Trinajstić information content (AvgIpc) is 3.73. The van der Waals surface area contributed by atoms with Crippen LogP contribution in [0.2, 0.25) is 0 Å². The summed E-state index contributed by atoms with van der Waals surface area (Å²) in [5, 5.41) is 75.1. The van der Waals surface area contributed by atoms with Crippen molar-refractivity contribution in [2.24, 2.45) is 40.4 Å². The highest BCUT2D eigenvalue weighted by Crippen LogP contribution is 2.82. The maximum absolute atomic E-state index is 15.3. The van der Waals surface area contributed by atoms with E-state index < -0.39 is 34.0 Å². The average molecular weight is 908 g/mol. The molecule has 12 rings (SSSR count). The lowest BCUT2D eigenvalue weighted by atomic mass is 9.26. The summed E-state index contributed by atoms with van der Waals surface area (Å²) in [6.45, 7) is 0.216. The standard InChI is InChI=1S/C58H69NO8/c1-67-50-28-43(38(33-60)24-49(50)64)42-26-41(61)31-56(66)20-22-57-21-19-55-34-54(17-8-11-39(54)25-40(55)14-18-53(65)15-6-3-7-16-53)45-30-51(55)58(57,46-29-48(63)47(62)27-44(45)46)52(56)37(32-59-57)13-12-36(42)23-35-9-4-2-5-10-35/h2,4-5,9-10,24-25,27-29,36-37,39,42,45,51-52,59-60,62-66H,3,6-8,11,14-23,26,30-34H2,1H3. The van der Waals surface area contributed by atoms with E-state index in [0.29, 0.717) is 42.9 Å². The van der Waals surface area contributed by atoms with E-state index in [2.05, 4.69) is 35.4 Å². The van der Waals surface area contributed by atoms with E-state index in [9.17, 15) is 30.6 Å². The third kappa shape index (κ3) is 6.23. The van der Waals surface area contributed by atoms with Gasteiger partial charge in [0.15, 0.2) is 23.0 Å². The molecule has 9 heteroatoms. The molecule has 1 saturated heterocycles. The molecule has 3 spiro atoms. The molecule has 0 aromatic heterocycles. The number of ether oxygens (including phenoxy) is 1. The Hall–Kier alpha value is -4.33. The first-order valence-electron chi connectivity index (χ1n) is 25.9. The molecule has 12 unspecified atom stereocenters. The van der Waals surface area contributed by atoms with Crippen molar-refractivity contribution >= 4 is 5.78 Å². The van der Waals surface area contributed by atoms with Gasteiger partial charge in [-0.15, -0.1) is 0 Å². The Morgan fingerprint density at radius 3 is 2.43 bits per heavy atom. The number of allylic oxidation sites excluding steroid dienone is 2. The maximum atomic E-state index is 15.3. The number of aliphatic hydroxyl groups is 3. The quantitative estimate of drug-likeness (QED) is 0.0665. The summed E-state index contributed by atoms with van der Waals surface area (Å²) in [7, 11) is 1.50. The number of benzene rings is 3. The van der Waals surface area contributed by atoms with Crippen LogP contribution in [0.3, 0.4) is 0 Å². The van der Waals surface area contributed by atoms with Crippen LogP contribution in [0.25, 0.3) is 0 Å². The molecule has 67 heavy (non-hydrogen) atoms.